The lowest BCUT2D eigenvalue weighted by molar-refractivity contribution is -0.140. The molecule has 2 N–H and O–H groups in total. The first-order valence-corrected chi connectivity index (χ1v) is 7.34. The number of hydrogen-bond donors (Lipinski definition) is 2. The van der Waals surface area contributed by atoms with E-state index < -0.39 is 12.0 Å². The van der Waals surface area contributed by atoms with Crippen LogP contribution in [0.3, 0.4) is 0 Å². The van der Waals surface area contributed by atoms with E-state index in [1.165, 1.54) is 0 Å². The van der Waals surface area contributed by atoms with Crippen LogP contribution in [0.25, 0.3) is 0 Å². The van der Waals surface area contributed by atoms with Crippen molar-refractivity contribution in [2.75, 3.05) is 11.6 Å². The highest BCUT2D eigenvalue weighted by molar-refractivity contribution is 5.97. The number of carbonyl (C=O) groups excluding carboxylic acids is 1. The lowest BCUT2D eigenvalue weighted by Crippen LogP contribution is -2.44. The van der Waals surface area contributed by atoms with E-state index in [0.29, 0.717) is 5.56 Å². The summed E-state index contributed by atoms with van der Waals surface area (Å²) in [4.78, 5) is 23.3. The molecule has 1 aromatic rings. The predicted octanol–water partition coefficient (Wildman–Crippen LogP) is 2.11. The van der Waals surface area contributed by atoms with Gasteiger partial charge in [0.2, 0.25) is 0 Å². The quantitative estimate of drug-likeness (QED) is 0.873. The second-order valence-corrected chi connectivity index (χ2v) is 5.79. The molecule has 0 aliphatic carbocycles. The topological polar surface area (TPSA) is 82.0 Å². The van der Waals surface area contributed by atoms with Crippen molar-refractivity contribution < 1.29 is 14.7 Å². The Labute approximate surface area is 129 Å². The minimum Gasteiger partial charge on any atom is -0.480 e. The number of hydrazone groups is 1. The van der Waals surface area contributed by atoms with Crippen LogP contribution in [0, 0.1) is 5.92 Å². The van der Waals surface area contributed by atoms with Crippen LogP contribution in [0.4, 0.5) is 5.69 Å². The molecular weight excluding hydrogens is 282 g/mol. The molecule has 1 aliphatic heterocycles. The van der Waals surface area contributed by atoms with E-state index in [2.05, 4.69) is 10.4 Å². The molecule has 1 amide bonds. The fourth-order valence-corrected chi connectivity index (χ4v) is 2.28. The van der Waals surface area contributed by atoms with E-state index in [4.69, 9.17) is 5.11 Å². The van der Waals surface area contributed by atoms with Gasteiger partial charge in [0.25, 0.3) is 5.91 Å². The molecule has 0 saturated carbocycles. The van der Waals surface area contributed by atoms with Crippen LogP contribution in [-0.2, 0) is 4.79 Å². The summed E-state index contributed by atoms with van der Waals surface area (Å²) >= 11 is 0. The third-order valence-corrected chi connectivity index (χ3v) is 3.62. The van der Waals surface area contributed by atoms with Crippen LogP contribution in [0.15, 0.2) is 29.4 Å². The lowest BCUT2D eigenvalue weighted by Gasteiger charge is -2.18. The van der Waals surface area contributed by atoms with Gasteiger partial charge in [-0.05, 0) is 37.1 Å². The van der Waals surface area contributed by atoms with Gasteiger partial charge in [-0.15, -0.1) is 0 Å². The third-order valence-electron chi connectivity index (χ3n) is 3.62. The number of carboxylic acid groups (broad SMARTS) is 1. The number of rotatable bonds is 5. The monoisotopic (exact) mass is 303 g/mol. The Bertz CT molecular complexity index is 593. The Morgan fingerprint density at radius 1 is 1.27 bits per heavy atom. The number of hydrogen-bond acceptors (Lipinski definition) is 4. The van der Waals surface area contributed by atoms with Crippen LogP contribution < -0.4 is 10.3 Å². The average Bonchev–Trinajstić information content (AvgIpc) is 2.90. The summed E-state index contributed by atoms with van der Waals surface area (Å²) in [5, 5.41) is 18.0. The van der Waals surface area contributed by atoms with Crippen LogP contribution in [-0.4, -0.2) is 35.3 Å². The van der Waals surface area contributed by atoms with Crippen molar-refractivity contribution in [3.63, 3.8) is 0 Å². The van der Waals surface area contributed by atoms with Crippen molar-refractivity contribution in [3.8, 4) is 0 Å². The third kappa shape index (κ3) is 3.63. The van der Waals surface area contributed by atoms with Gasteiger partial charge in [-0.25, -0.2) is 4.79 Å². The second-order valence-electron chi connectivity index (χ2n) is 5.79. The van der Waals surface area contributed by atoms with Gasteiger partial charge in [0.05, 0.1) is 5.69 Å². The number of aliphatic carboxylic acids is 1. The summed E-state index contributed by atoms with van der Waals surface area (Å²) in [5.41, 5.74) is 2.45. The van der Waals surface area contributed by atoms with Gasteiger partial charge in [0, 0.05) is 24.2 Å². The Hall–Kier alpha value is -2.37. The zero-order valence-corrected chi connectivity index (χ0v) is 13.0. The second kappa shape index (κ2) is 6.60. The molecule has 0 fully saturated rings. The highest BCUT2D eigenvalue weighted by Gasteiger charge is 2.24. The maximum Gasteiger partial charge on any atom is 0.326 e. The first kappa shape index (κ1) is 16.0. The first-order chi connectivity index (χ1) is 10.4. The molecule has 0 unspecified atom stereocenters. The Kier molecular flexibility index (Phi) is 4.80. The van der Waals surface area contributed by atoms with E-state index in [9.17, 15) is 9.59 Å². The molecule has 0 radical (unpaired) electrons. The summed E-state index contributed by atoms with van der Waals surface area (Å²) in [7, 11) is 0. The molecule has 1 aliphatic rings. The minimum absolute atomic E-state index is 0.178. The van der Waals surface area contributed by atoms with Crippen molar-refractivity contribution in [1.29, 1.82) is 0 Å². The predicted molar refractivity (Wildman–Crippen MR) is 85.2 cm³/mol. The molecule has 6 nitrogen and oxygen atoms in total. The summed E-state index contributed by atoms with van der Waals surface area (Å²) in [6, 6.07) is 6.13. The lowest BCUT2D eigenvalue weighted by atomic mass is 10.0. The molecule has 0 aromatic heterocycles. The largest absolute Gasteiger partial charge is 0.480 e. The van der Waals surface area contributed by atoms with Crippen molar-refractivity contribution in [2.45, 2.75) is 33.2 Å². The molecule has 22 heavy (non-hydrogen) atoms. The zero-order valence-electron chi connectivity index (χ0n) is 13.0. The van der Waals surface area contributed by atoms with Gasteiger partial charge < -0.3 is 10.4 Å². The summed E-state index contributed by atoms with van der Waals surface area (Å²) < 4.78 is 0. The van der Waals surface area contributed by atoms with E-state index in [1.54, 1.807) is 26.0 Å². The highest BCUT2D eigenvalue weighted by Crippen LogP contribution is 2.20. The molecule has 6 heteroatoms. The van der Waals surface area contributed by atoms with Gasteiger partial charge in [-0.2, -0.15) is 5.10 Å². The Morgan fingerprint density at radius 3 is 2.36 bits per heavy atom. The Balaban J connectivity index is 2.06. The van der Waals surface area contributed by atoms with Gasteiger partial charge in [0.15, 0.2) is 0 Å². The van der Waals surface area contributed by atoms with Crippen LogP contribution in [0.5, 0.6) is 0 Å². The molecule has 118 valence electrons. The molecule has 0 spiro atoms. The van der Waals surface area contributed by atoms with Gasteiger partial charge in [-0.1, -0.05) is 13.8 Å². The number of amides is 1. The average molecular weight is 303 g/mol. The van der Waals surface area contributed by atoms with E-state index in [1.807, 2.05) is 24.1 Å². The molecular formula is C16H21N3O3. The normalized spacial score (nSPS) is 15.6. The van der Waals surface area contributed by atoms with Crippen molar-refractivity contribution in [3.05, 3.63) is 29.8 Å². The maximum atomic E-state index is 12.1. The molecule has 2 rings (SSSR count). The van der Waals surface area contributed by atoms with Crippen molar-refractivity contribution >= 4 is 23.3 Å². The molecule has 1 atom stereocenters. The Morgan fingerprint density at radius 2 is 1.91 bits per heavy atom. The molecule has 0 saturated heterocycles. The molecule has 1 heterocycles. The first-order valence-electron chi connectivity index (χ1n) is 7.34. The number of nitrogens with one attached hydrogen (secondary N) is 1. The summed E-state index contributed by atoms with van der Waals surface area (Å²) in [5.74, 6) is -1.58. The van der Waals surface area contributed by atoms with Crippen LogP contribution >= 0.6 is 0 Å². The van der Waals surface area contributed by atoms with Gasteiger partial charge >= 0.3 is 5.97 Å². The fraction of sp³-hybridized carbons (Fsp3) is 0.438. The summed E-state index contributed by atoms with van der Waals surface area (Å²) in [6.07, 6.45) is 0.941. The van der Waals surface area contributed by atoms with E-state index >= 15 is 0 Å². The smallest absolute Gasteiger partial charge is 0.326 e. The van der Waals surface area contributed by atoms with E-state index in [-0.39, 0.29) is 11.8 Å². The fourth-order valence-electron chi connectivity index (χ4n) is 2.28. The number of anilines is 1. The van der Waals surface area contributed by atoms with Crippen LogP contribution in [0.2, 0.25) is 0 Å². The SMILES string of the molecule is CC1=NN(c2ccc(C(=O)N[C@H](C(=O)O)C(C)C)cc2)CC1. The van der Waals surface area contributed by atoms with Crippen molar-refractivity contribution in [1.82, 2.24) is 5.32 Å². The molecule has 0 bridgehead atoms. The number of nitrogens with zero attached hydrogens (tertiary/aromatic N) is 2. The number of carbonyl (C=O) groups is 2. The van der Waals surface area contributed by atoms with Crippen LogP contribution in [0.1, 0.15) is 37.6 Å². The van der Waals surface area contributed by atoms with Gasteiger partial charge in [0.1, 0.15) is 6.04 Å². The standard InChI is InChI=1S/C16H21N3O3/c1-10(2)14(16(21)22)17-15(20)12-4-6-13(7-5-12)19-9-8-11(3)18-19/h4-7,10,14H,8-9H2,1-3H3,(H,17,20)(H,21,22)/t14-/m0/s1. The van der Waals surface area contributed by atoms with Gasteiger partial charge in [-0.3, -0.25) is 9.80 Å². The zero-order chi connectivity index (χ0) is 16.3. The minimum atomic E-state index is -1.03. The van der Waals surface area contributed by atoms with E-state index in [0.717, 1.165) is 24.4 Å². The maximum absolute atomic E-state index is 12.1. The van der Waals surface area contributed by atoms with Crippen molar-refractivity contribution in [2.24, 2.45) is 11.0 Å². The number of benzene rings is 1. The summed E-state index contributed by atoms with van der Waals surface area (Å²) in [6.45, 7) is 6.34. The molecule has 1 aromatic carbocycles. The highest BCUT2D eigenvalue weighted by atomic mass is 16.4. The number of carboxylic acids is 1.